The molecule has 1 aliphatic heterocycles. The number of nitrogens with zero attached hydrogens (tertiary/aromatic N) is 2. The molecule has 2 heterocycles. The third kappa shape index (κ3) is 5.03. The molecule has 134 valence electrons. The minimum absolute atomic E-state index is 0.0134. The van der Waals surface area contributed by atoms with E-state index in [1.807, 2.05) is 18.4 Å². The molecular weight excluding hydrogens is 334 g/mol. The van der Waals surface area contributed by atoms with E-state index in [-0.39, 0.29) is 16.8 Å². The summed E-state index contributed by atoms with van der Waals surface area (Å²) in [7, 11) is 0. The van der Waals surface area contributed by atoms with Crippen LogP contribution in [0.3, 0.4) is 0 Å². The lowest BCUT2D eigenvalue weighted by Crippen LogP contribution is -2.44. The average Bonchev–Trinajstić information content (AvgIpc) is 2.94. The Morgan fingerprint density at radius 2 is 1.96 bits per heavy atom. The molecule has 1 aromatic carbocycles. The highest BCUT2D eigenvalue weighted by Gasteiger charge is 2.20. The first-order valence-electron chi connectivity index (χ1n) is 8.82. The van der Waals surface area contributed by atoms with Crippen molar-refractivity contribution in [2.75, 3.05) is 13.1 Å². The molecule has 0 bridgehead atoms. The van der Waals surface area contributed by atoms with Gasteiger partial charge in [0.25, 0.3) is 0 Å². The maximum Gasteiger partial charge on any atom is 0.307 e. The molecule has 1 saturated heterocycles. The topological polar surface area (TPSA) is 54.3 Å². The van der Waals surface area contributed by atoms with Crippen molar-refractivity contribution in [1.29, 1.82) is 0 Å². The third-order valence-electron chi connectivity index (χ3n) is 4.74. The van der Waals surface area contributed by atoms with Gasteiger partial charge in [0.05, 0.1) is 0 Å². The first kappa shape index (κ1) is 17.9. The normalized spacial score (nSPS) is 16.0. The van der Waals surface area contributed by atoms with E-state index < -0.39 is 0 Å². The van der Waals surface area contributed by atoms with Crippen molar-refractivity contribution in [1.82, 2.24) is 14.8 Å². The molecule has 0 saturated carbocycles. The Morgan fingerprint density at radius 3 is 2.60 bits per heavy atom. The fourth-order valence-electron chi connectivity index (χ4n) is 3.26. The van der Waals surface area contributed by atoms with Gasteiger partial charge in [-0.15, -0.1) is 0 Å². The third-order valence-corrected chi connectivity index (χ3v) is 5.62. The fourth-order valence-corrected chi connectivity index (χ4v) is 4.03. The lowest BCUT2D eigenvalue weighted by molar-refractivity contribution is -0.122. The largest absolute Gasteiger partial charge is 0.353 e. The summed E-state index contributed by atoms with van der Waals surface area (Å²) in [6.07, 6.45) is 2.33. The number of hydrogen-bond donors (Lipinski definition) is 1. The minimum atomic E-state index is 0.0134. The fraction of sp³-hybridized carbons (Fsp3) is 0.474. The van der Waals surface area contributed by atoms with E-state index in [2.05, 4.69) is 34.5 Å². The first-order valence-corrected chi connectivity index (χ1v) is 9.70. The highest BCUT2D eigenvalue weighted by molar-refractivity contribution is 7.07. The Kier molecular flexibility index (Phi) is 6.04. The van der Waals surface area contributed by atoms with E-state index in [1.54, 1.807) is 4.57 Å². The van der Waals surface area contributed by atoms with Crippen LogP contribution in [-0.2, 0) is 17.9 Å². The van der Waals surface area contributed by atoms with Crippen LogP contribution in [0.2, 0.25) is 0 Å². The molecule has 25 heavy (non-hydrogen) atoms. The molecule has 2 aromatic rings. The van der Waals surface area contributed by atoms with E-state index in [0.717, 1.165) is 38.2 Å². The monoisotopic (exact) mass is 359 g/mol. The van der Waals surface area contributed by atoms with Crippen LogP contribution >= 0.6 is 11.3 Å². The van der Waals surface area contributed by atoms with Gasteiger partial charge >= 0.3 is 4.87 Å². The molecule has 0 aliphatic carbocycles. The predicted octanol–water partition coefficient (Wildman–Crippen LogP) is 2.39. The van der Waals surface area contributed by atoms with Gasteiger partial charge in [-0.3, -0.25) is 14.5 Å². The van der Waals surface area contributed by atoms with Crippen molar-refractivity contribution < 1.29 is 4.79 Å². The summed E-state index contributed by atoms with van der Waals surface area (Å²) in [5.41, 5.74) is 2.26. The number of likely N-dealkylation sites (tertiary alicyclic amines) is 1. The van der Waals surface area contributed by atoms with Crippen LogP contribution < -0.4 is 10.2 Å². The highest BCUT2D eigenvalue weighted by Crippen LogP contribution is 2.14. The summed E-state index contributed by atoms with van der Waals surface area (Å²) in [6, 6.07) is 10.7. The summed E-state index contributed by atoms with van der Waals surface area (Å²) >= 11 is 1.19. The second-order valence-electron chi connectivity index (χ2n) is 6.65. The second kappa shape index (κ2) is 8.45. The number of rotatable bonds is 6. The van der Waals surface area contributed by atoms with Crippen LogP contribution in [0.1, 0.15) is 30.5 Å². The van der Waals surface area contributed by atoms with Crippen LogP contribution in [0, 0.1) is 6.92 Å². The van der Waals surface area contributed by atoms with E-state index in [9.17, 15) is 9.59 Å². The molecule has 5 nitrogen and oxygen atoms in total. The average molecular weight is 359 g/mol. The van der Waals surface area contributed by atoms with E-state index in [1.165, 1.54) is 16.9 Å². The van der Waals surface area contributed by atoms with Gasteiger partial charge in [-0.2, -0.15) is 0 Å². The Balaban J connectivity index is 1.40. The Bertz CT molecular complexity index is 746. The van der Waals surface area contributed by atoms with Crippen molar-refractivity contribution in [3.05, 3.63) is 56.6 Å². The molecular formula is C19H25N3O2S. The van der Waals surface area contributed by atoms with Crippen molar-refractivity contribution in [2.24, 2.45) is 0 Å². The number of amides is 1. The summed E-state index contributed by atoms with van der Waals surface area (Å²) in [5.74, 6) is 0.0407. The lowest BCUT2D eigenvalue weighted by atomic mass is 10.0. The molecule has 3 rings (SSSR count). The van der Waals surface area contributed by atoms with Gasteiger partial charge in [0.1, 0.15) is 0 Å². The van der Waals surface area contributed by atoms with Crippen molar-refractivity contribution >= 4 is 17.2 Å². The Labute approximate surface area is 152 Å². The Morgan fingerprint density at radius 1 is 1.24 bits per heavy atom. The van der Waals surface area contributed by atoms with Gasteiger partial charge in [-0.25, -0.2) is 0 Å². The molecule has 0 atom stereocenters. The van der Waals surface area contributed by atoms with Crippen LogP contribution in [0.15, 0.2) is 40.5 Å². The van der Waals surface area contributed by atoms with Gasteiger partial charge in [-0.05, 0) is 25.3 Å². The number of piperidine rings is 1. The zero-order valence-corrected chi connectivity index (χ0v) is 15.4. The lowest BCUT2D eigenvalue weighted by Gasteiger charge is -2.32. The van der Waals surface area contributed by atoms with Crippen molar-refractivity contribution in [2.45, 2.75) is 45.3 Å². The Hall–Kier alpha value is -1.92. The van der Waals surface area contributed by atoms with Crippen LogP contribution in [-0.4, -0.2) is 34.5 Å². The summed E-state index contributed by atoms with van der Waals surface area (Å²) in [6.45, 7) is 5.35. The first-order chi connectivity index (χ1) is 12.1. The second-order valence-corrected chi connectivity index (χ2v) is 7.47. The molecule has 1 amide bonds. The number of thiazole rings is 1. The standard InChI is InChI=1S/C19H25N3O2S/c1-15-14-25-19(24)22(15)12-9-18(23)20-17-7-10-21(11-8-17)13-16-5-3-2-4-6-16/h2-6,14,17H,7-13H2,1H3,(H,20,23). The molecule has 6 heteroatoms. The highest BCUT2D eigenvalue weighted by atomic mass is 32.1. The smallest absolute Gasteiger partial charge is 0.307 e. The van der Waals surface area contributed by atoms with Gasteiger partial charge in [0.2, 0.25) is 5.91 Å². The number of carbonyl (C=O) groups is 1. The molecule has 0 radical (unpaired) electrons. The molecule has 1 N–H and O–H groups in total. The van der Waals surface area contributed by atoms with Crippen LogP contribution in [0.25, 0.3) is 0 Å². The number of aryl methyl sites for hydroxylation is 1. The summed E-state index contributed by atoms with van der Waals surface area (Å²) in [5, 5.41) is 4.96. The summed E-state index contributed by atoms with van der Waals surface area (Å²) < 4.78 is 1.67. The number of benzene rings is 1. The maximum absolute atomic E-state index is 12.2. The van der Waals surface area contributed by atoms with Crippen LogP contribution in [0.5, 0.6) is 0 Å². The van der Waals surface area contributed by atoms with E-state index >= 15 is 0 Å². The van der Waals surface area contributed by atoms with Gasteiger partial charge in [-0.1, -0.05) is 41.7 Å². The molecule has 1 aromatic heterocycles. The zero-order chi connectivity index (χ0) is 17.6. The van der Waals surface area contributed by atoms with Gasteiger partial charge in [0.15, 0.2) is 0 Å². The van der Waals surface area contributed by atoms with Crippen LogP contribution in [0.4, 0.5) is 0 Å². The molecule has 1 fully saturated rings. The zero-order valence-electron chi connectivity index (χ0n) is 14.6. The number of aromatic nitrogens is 1. The van der Waals surface area contributed by atoms with Crippen molar-refractivity contribution in [3.8, 4) is 0 Å². The van der Waals surface area contributed by atoms with E-state index in [0.29, 0.717) is 13.0 Å². The number of nitrogens with one attached hydrogen (secondary N) is 1. The number of hydrogen-bond acceptors (Lipinski definition) is 4. The maximum atomic E-state index is 12.2. The quantitative estimate of drug-likeness (QED) is 0.862. The molecule has 0 unspecified atom stereocenters. The molecule has 0 spiro atoms. The molecule has 1 aliphatic rings. The SMILES string of the molecule is Cc1csc(=O)n1CCC(=O)NC1CCN(Cc2ccccc2)CC1. The van der Waals surface area contributed by atoms with Gasteiger partial charge < -0.3 is 9.88 Å². The van der Waals surface area contributed by atoms with E-state index in [4.69, 9.17) is 0 Å². The summed E-state index contributed by atoms with van der Waals surface area (Å²) in [4.78, 5) is 26.3. The number of carbonyl (C=O) groups excluding carboxylic acids is 1. The van der Waals surface area contributed by atoms with Crippen molar-refractivity contribution in [3.63, 3.8) is 0 Å². The minimum Gasteiger partial charge on any atom is -0.353 e. The predicted molar refractivity (Wildman–Crippen MR) is 101 cm³/mol. The van der Waals surface area contributed by atoms with Gasteiger partial charge in [0, 0.05) is 49.7 Å².